The molecule has 4 rings (SSSR count). The average Bonchev–Trinajstić information content (AvgIpc) is 3.05. The van der Waals surface area contributed by atoms with E-state index >= 15 is 0 Å². The fourth-order valence-electron chi connectivity index (χ4n) is 4.16. The number of aliphatic hydroxyl groups excluding tert-OH is 1. The number of Topliss-reactive ketones (excluding diaryl/α,β-unsaturated/α-hetero) is 1. The molecular formula is C23H26N3O4+. The van der Waals surface area contributed by atoms with Crippen LogP contribution >= 0.6 is 0 Å². The number of nitrogens with one attached hydrogen (secondary N) is 1. The average molecular weight is 408 g/mol. The molecule has 0 aliphatic carbocycles. The van der Waals surface area contributed by atoms with Gasteiger partial charge < -0.3 is 19.6 Å². The molecule has 2 aliphatic heterocycles. The Morgan fingerprint density at radius 3 is 2.60 bits per heavy atom. The molecule has 7 nitrogen and oxygen atoms in total. The smallest absolute Gasteiger partial charge is 0.295 e. The summed E-state index contributed by atoms with van der Waals surface area (Å²) in [6.45, 7) is 4.78. The number of amides is 1. The van der Waals surface area contributed by atoms with Crippen molar-refractivity contribution in [2.75, 3.05) is 39.4 Å². The van der Waals surface area contributed by atoms with Crippen molar-refractivity contribution in [3.05, 3.63) is 71.6 Å². The Hall–Kier alpha value is -3.03. The molecule has 7 heteroatoms. The van der Waals surface area contributed by atoms with Crippen LogP contribution in [0.1, 0.15) is 23.6 Å². The first kappa shape index (κ1) is 20.3. The van der Waals surface area contributed by atoms with E-state index < -0.39 is 17.7 Å². The van der Waals surface area contributed by atoms with E-state index in [9.17, 15) is 14.7 Å². The molecule has 2 aromatic rings. The molecule has 2 N–H and O–H groups in total. The number of carbonyl (C=O) groups is 2. The molecule has 0 spiro atoms. The number of quaternary nitrogens is 1. The lowest BCUT2D eigenvalue weighted by molar-refractivity contribution is -0.908. The van der Waals surface area contributed by atoms with Crippen molar-refractivity contribution in [2.24, 2.45) is 0 Å². The summed E-state index contributed by atoms with van der Waals surface area (Å²) < 4.78 is 5.40. The number of rotatable bonds is 6. The zero-order valence-electron chi connectivity index (χ0n) is 16.8. The zero-order valence-corrected chi connectivity index (χ0v) is 16.8. The Labute approximate surface area is 175 Å². The maximum absolute atomic E-state index is 12.9. The van der Waals surface area contributed by atoms with Gasteiger partial charge in [0.05, 0.1) is 31.4 Å². The number of aromatic nitrogens is 1. The van der Waals surface area contributed by atoms with Gasteiger partial charge in [0.2, 0.25) is 0 Å². The van der Waals surface area contributed by atoms with E-state index in [4.69, 9.17) is 4.74 Å². The van der Waals surface area contributed by atoms with Gasteiger partial charge in [-0.2, -0.15) is 0 Å². The van der Waals surface area contributed by atoms with Crippen molar-refractivity contribution in [3.63, 3.8) is 0 Å². The first-order valence-electron chi connectivity index (χ1n) is 10.3. The fourth-order valence-corrected chi connectivity index (χ4v) is 4.16. The second-order valence-corrected chi connectivity index (χ2v) is 7.61. The van der Waals surface area contributed by atoms with E-state index in [1.54, 1.807) is 47.6 Å². The first-order chi connectivity index (χ1) is 14.7. The lowest BCUT2D eigenvalue weighted by atomic mass is 9.96. The van der Waals surface area contributed by atoms with Crippen LogP contribution in [0.3, 0.4) is 0 Å². The van der Waals surface area contributed by atoms with Crippen LogP contribution in [0.25, 0.3) is 5.76 Å². The van der Waals surface area contributed by atoms with Crippen LogP contribution < -0.4 is 4.90 Å². The molecule has 2 saturated heterocycles. The fraction of sp³-hybridized carbons (Fsp3) is 0.348. The summed E-state index contributed by atoms with van der Waals surface area (Å²) >= 11 is 0. The number of hydrogen-bond donors (Lipinski definition) is 2. The molecule has 2 aliphatic rings. The highest BCUT2D eigenvalue weighted by Gasteiger charge is 2.46. The van der Waals surface area contributed by atoms with Crippen molar-refractivity contribution in [2.45, 2.75) is 12.5 Å². The standard InChI is InChI=1S/C23H25N3O4/c27-21(17-6-2-1-3-7-17)19-20(18-8-4-9-24-16-18)26(23(29)22(19)28)11-5-10-25-12-14-30-15-13-25/h1-4,6-9,16,20,27H,5,10-15H2/p+1/t20-/m0/s1. The van der Waals surface area contributed by atoms with E-state index in [0.29, 0.717) is 17.7 Å². The Morgan fingerprint density at radius 2 is 1.90 bits per heavy atom. The van der Waals surface area contributed by atoms with Gasteiger partial charge in [-0.15, -0.1) is 0 Å². The van der Waals surface area contributed by atoms with E-state index in [1.165, 1.54) is 4.90 Å². The van der Waals surface area contributed by atoms with E-state index in [0.717, 1.165) is 39.3 Å². The van der Waals surface area contributed by atoms with Gasteiger partial charge >= 0.3 is 0 Å². The van der Waals surface area contributed by atoms with Gasteiger partial charge in [-0.1, -0.05) is 36.4 Å². The van der Waals surface area contributed by atoms with Gasteiger partial charge in [0.1, 0.15) is 18.8 Å². The summed E-state index contributed by atoms with van der Waals surface area (Å²) in [4.78, 5) is 33.0. The van der Waals surface area contributed by atoms with Crippen LogP contribution in [0.4, 0.5) is 0 Å². The number of carbonyl (C=O) groups excluding carboxylic acids is 2. The number of ether oxygens (including phenoxy) is 1. The second kappa shape index (κ2) is 9.19. The molecule has 156 valence electrons. The van der Waals surface area contributed by atoms with Crippen LogP contribution in [0.2, 0.25) is 0 Å². The molecule has 1 aromatic heterocycles. The van der Waals surface area contributed by atoms with Gasteiger partial charge in [-0.25, -0.2) is 0 Å². The summed E-state index contributed by atoms with van der Waals surface area (Å²) in [6.07, 6.45) is 4.06. The summed E-state index contributed by atoms with van der Waals surface area (Å²) in [6, 6.07) is 11.8. The Kier molecular flexibility index (Phi) is 6.21. The molecule has 3 heterocycles. The van der Waals surface area contributed by atoms with Crippen molar-refractivity contribution in [1.29, 1.82) is 0 Å². The highest BCUT2D eigenvalue weighted by Crippen LogP contribution is 2.38. The monoisotopic (exact) mass is 408 g/mol. The Bertz CT molecular complexity index is 924. The van der Waals surface area contributed by atoms with Crippen molar-refractivity contribution < 1.29 is 24.3 Å². The van der Waals surface area contributed by atoms with Gasteiger partial charge in [-0.3, -0.25) is 14.6 Å². The minimum atomic E-state index is -0.649. The van der Waals surface area contributed by atoms with E-state index in [1.807, 2.05) is 12.1 Å². The Morgan fingerprint density at radius 1 is 1.13 bits per heavy atom. The third-order valence-corrected chi connectivity index (χ3v) is 5.72. The van der Waals surface area contributed by atoms with Crippen LogP contribution in [0.15, 0.2) is 60.4 Å². The Balaban J connectivity index is 1.63. The number of benzene rings is 1. The molecule has 0 saturated carbocycles. The molecule has 30 heavy (non-hydrogen) atoms. The molecule has 0 bridgehead atoms. The van der Waals surface area contributed by atoms with Gasteiger partial charge in [-0.05, 0) is 11.6 Å². The first-order valence-corrected chi connectivity index (χ1v) is 10.3. The normalized spacial score (nSPS) is 21.9. The van der Waals surface area contributed by atoms with Crippen LogP contribution in [-0.4, -0.2) is 66.1 Å². The number of ketones is 1. The molecular weight excluding hydrogens is 382 g/mol. The number of hydrogen-bond acceptors (Lipinski definition) is 5. The zero-order chi connectivity index (χ0) is 20.9. The maximum Gasteiger partial charge on any atom is 0.295 e. The molecule has 1 atom stereocenters. The van der Waals surface area contributed by atoms with Crippen molar-refractivity contribution in [3.8, 4) is 0 Å². The van der Waals surface area contributed by atoms with Crippen molar-refractivity contribution >= 4 is 17.4 Å². The van der Waals surface area contributed by atoms with Gasteiger partial charge in [0, 0.05) is 30.9 Å². The number of pyridine rings is 1. The lowest BCUT2D eigenvalue weighted by Crippen LogP contribution is -3.14. The quantitative estimate of drug-likeness (QED) is 0.420. The topological polar surface area (TPSA) is 84.2 Å². The number of nitrogens with zero attached hydrogens (tertiary/aromatic N) is 2. The third-order valence-electron chi connectivity index (χ3n) is 5.72. The molecule has 0 radical (unpaired) electrons. The maximum atomic E-state index is 12.9. The highest BCUT2D eigenvalue weighted by molar-refractivity contribution is 6.46. The highest BCUT2D eigenvalue weighted by atomic mass is 16.5. The minimum absolute atomic E-state index is 0.123. The van der Waals surface area contributed by atoms with E-state index in [-0.39, 0.29) is 11.3 Å². The van der Waals surface area contributed by atoms with Crippen molar-refractivity contribution in [1.82, 2.24) is 9.88 Å². The summed E-state index contributed by atoms with van der Waals surface area (Å²) in [5, 5.41) is 10.9. The number of aliphatic hydroxyl groups is 1. The summed E-state index contributed by atoms with van der Waals surface area (Å²) in [7, 11) is 0. The minimum Gasteiger partial charge on any atom is -0.507 e. The van der Waals surface area contributed by atoms with Crippen LogP contribution in [-0.2, 0) is 14.3 Å². The predicted molar refractivity (Wildman–Crippen MR) is 111 cm³/mol. The van der Waals surface area contributed by atoms with Crippen LogP contribution in [0.5, 0.6) is 0 Å². The van der Waals surface area contributed by atoms with E-state index in [2.05, 4.69) is 4.98 Å². The van der Waals surface area contributed by atoms with Gasteiger partial charge in [0.15, 0.2) is 0 Å². The SMILES string of the molecule is O=C1C(=O)N(CCC[NH+]2CCOCC2)[C@@H](c2cccnc2)C1=C(O)c1ccccc1. The predicted octanol–water partition coefficient (Wildman–Crippen LogP) is 0.809. The summed E-state index contributed by atoms with van der Waals surface area (Å²) in [5.41, 5.74) is 1.35. The number of likely N-dealkylation sites (tertiary alicyclic amines) is 1. The molecule has 2 fully saturated rings. The summed E-state index contributed by atoms with van der Waals surface area (Å²) in [5.74, 6) is -1.37. The largest absolute Gasteiger partial charge is 0.507 e. The van der Waals surface area contributed by atoms with Crippen LogP contribution in [0, 0.1) is 0 Å². The lowest BCUT2D eigenvalue weighted by Gasteiger charge is -2.27. The molecule has 1 aromatic carbocycles. The van der Waals surface area contributed by atoms with Gasteiger partial charge in [0.25, 0.3) is 11.7 Å². The molecule has 1 amide bonds. The number of morpholine rings is 1. The third kappa shape index (κ3) is 4.13. The second-order valence-electron chi connectivity index (χ2n) is 7.61. The molecule has 0 unspecified atom stereocenters.